The fourth-order valence-corrected chi connectivity index (χ4v) is 13.0. The number of aryl methyl sites for hydroxylation is 5. The topological polar surface area (TPSA) is 436 Å². The minimum Gasteiger partial charge on any atom is -0.379 e. The van der Waals surface area contributed by atoms with Gasteiger partial charge in [0, 0.05) is 172 Å². The molecule has 2 atom stereocenters. The van der Waals surface area contributed by atoms with Gasteiger partial charge in [-0.3, -0.25) is 52.7 Å². The summed E-state index contributed by atoms with van der Waals surface area (Å²) in [5, 5.41) is 31.6. The summed E-state index contributed by atoms with van der Waals surface area (Å²) in [4.78, 5) is 158. The lowest BCUT2D eigenvalue weighted by Crippen LogP contribution is -2.43. The maximum Gasteiger partial charge on any atom is 0.291 e. The highest BCUT2D eigenvalue weighted by Crippen LogP contribution is 2.41. The molecule has 0 saturated heterocycles. The summed E-state index contributed by atoms with van der Waals surface area (Å²) in [5.41, 5.74) is 6.33. The van der Waals surface area contributed by atoms with E-state index in [9.17, 15) is 52.7 Å². The molecule has 11 amide bonds. The fraction of sp³-hybridized carbons (Fsp3) is 0.432. The number of rotatable bonds is 48. The molecule has 0 radical (unpaired) electrons. The molecule has 6 heterocycles. The molecule has 37 nitrogen and oxygen atoms in total. The van der Waals surface area contributed by atoms with Crippen LogP contribution >= 0.6 is 11.6 Å². The number of benzene rings is 3. The summed E-state index contributed by atoms with van der Waals surface area (Å²) in [6.45, 7) is 9.88. The Labute approximate surface area is 694 Å². The van der Waals surface area contributed by atoms with Gasteiger partial charge in [0.05, 0.1) is 83.5 Å². The highest BCUT2D eigenvalue weighted by Gasteiger charge is 2.33. The van der Waals surface area contributed by atoms with Crippen LogP contribution in [0.2, 0.25) is 5.02 Å². The summed E-state index contributed by atoms with van der Waals surface area (Å²) >= 11 is 6.14. The van der Waals surface area contributed by atoms with Gasteiger partial charge in [-0.2, -0.15) is 0 Å². The summed E-state index contributed by atoms with van der Waals surface area (Å²) in [5.74, 6) is -3.89. The Balaban J connectivity index is 0.517. The van der Waals surface area contributed by atoms with Crippen LogP contribution in [0, 0.1) is 0 Å². The molecule has 0 saturated carbocycles. The SMILES string of the molecule is CC(=O)N1c2ccc(-c3ccc(C(=O)NCCOCCOCCOCCOCCOCCC(=O)NCCCN(C)CCCNC(=O)CCNC(=O)c4nc(NC(=O)CCNC(=O)c5cc(NC(=O)c6nc(NC(=O)CCNC(=O)c7cc(NC(=O)c8nccn8C)cn7C)cn6C)cn5C)cn4C)cc3)cc2C(Nc2ccc(Cl)cc2)C[C@@H]1C. The van der Waals surface area contributed by atoms with Crippen LogP contribution in [-0.4, -0.2) is 239 Å². The van der Waals surface area contributed by atoms with Crippen molar-refractivity contribution in [2.45, 2.75) is 70.9 Å². The van der Waals surface area contributed by atoms with Gasteiger partial charge in [0.1, 0.15) is 11.4 Å². The second-order valence-corrected chi connectivity index (χ2v) is 28.7. The number of fused-ring (bicyclic) bond motifs is 1. The molecule has 0 bridgehead atoms. The normalized spacial score (nSPS) is 12.9. The van der Waals surface area contributed by atoms with Crippen LogP contribution in [0.5, 0.6) is 0 Å². The maximum atomic E-state index is 13.3. The number of halogens is 1. The Morgan fingerprint density at radius 2 is 0.924 bits per heavy atom. The second kappa shape index (κ2) is 46.1. The Bertz CT molecular complexity index is 4780. The van der Waals surface area contributed by atoms with Crippen LogP contribution in [0.25, 0.3) is 11.1 Å². The van der Waals surface area contributed by atoms with Crippen molar-refractivity contribution in [3.05, 3.63) is 161 Å². The molecular weight excluding hydrogens is 1560 g/mol. The van der Waals surface area contributed by atoms with Crippen molar-refractivity contribution < 1.29 is 76.4 Å². The van der Waals surface area contributed by atoms with Gasteiger partial charge in [-0.1, -0.05) is 29.8 Å². The van der Waals surface area contributed by atoms with Crippen molar-refractivity contribution >= 4 is 111 Å². The van der Waals surface area contributed by atoms with Gasteiger partial charge in [0.25, 0.3) is 35.4 Å². The largest absolute Gasteiger partial charge is 0.379 e. The van der Waals surface area contributed by atoms with Crippen LogP contribution in [0.3, 0.4) is 0 Å². The summed E-state index contributed by atoms with van der Waals surface area (Å²) in [6.07, 6.45) is 11.2. The Hall–Kier alpha value is -12.1. The molecule has 11 N–H and O–H groups in total. The highest BCUT2D eigenvalue weighted by molar-refractivity contribution is 6.30. The van der Waals surface area contributed by atoms with Gasteiger partial charge in [-0.25, -0.2) is 15.0 Å². The van der Waals surface area contributed by atoms with Gasteiger partial charge in [0.15, 0.2) is 17.5 Å². The quantitative estimate of drug-likeness (QED) is 0.0219. The first-order valence-corrected chi connectivity index (χ1v) is 39.5. The van der Waals surface area contributed by atoms with Crippen LogP contribution < -0.4 is 63.4 Å². The first kappa shape index (κ1) is 90.8. The van der Waals surface area contributed by atoms with Crippen molar-refractivity contribution in [3.8, 4) is 11.1 Å². The highest BCUT2D eigenvalue weighted by atomic mass is 35.5. The first-order valence-electron chi connectivity index (χ1n) is 39.2. The molecule has 8 aromatic rings. The molecular formula is C81H106ClN21O16. The van der Waals surface area contributed by atoms with E-state index in [-0.39, 0.29) is 134 Å². The van der Waals surface area contributed by atoms with E-state index in [0.717, 1.165) is 47.5 Å². The van der Waals surface area contributed by atoms with Gasteiger partial charge in [-0.15, -0.1) is 0 Å². The Morgan fingerprint density at radius 3 is 1.45 bits per heavy atom. The zero-order valence-corrected chi connectivity index (χ0v) is 68.9. The monoisotopic (exact) mass is 1660 g/mol. The smallest absolute Gasteiger partial charge is 0.291 e. The van der Waals surface area contributed by atoms with Crippen LogP contribution in [0.1, 0.15) is 134 Å². The third-order valence-electron chi connectivity index (χ3n) is 18.9. The molecule has 1 aliphatic heterocycles. The van der Waals surface area contributed by atoms with Gasteiger partial charge >= 0.3 is 0 Å². The number of nitrogens with zero attached hydrogens (tertiary/aromatic N) is 10. The minimum atomic E-state index is -0.641. The number of hydrogen-bond acceptors (Lipinski definition) is 21. The Morgan fingerprint density at radius 1 is 0.454 bits per heavy atom. The van der Waals surface area contributed by atoms with E-state index in [1.165, 1.54) is 55.2 Å². The molecule has 1 aliphatic rings. The third-order valence-corrected chi connectivity index (χ3v) is 19.1. The van der Waals surface area contributed by atoms with Crippen molar-refractivity contribution in [2.24, 2.45) is 35.2 Å². The molecule has 638 valence electrons. The van der Waals surface area contributed by atoms with Crippen molar-refractivity contribution in [3.63, 3.8) is 0 Å². The number of hydrogen-bond donors (Lipinski definition) is 11. The fourth-order valence-electron chi connectivity index (χ4n) is 12.8. The Kier molecular flexibility index (Phi) is 35.2. The van der Waals surface area contributed by atoms with E-state index in [4.69, 9.17) is 35.3 Å². The van der Waals surface area contributed by atoms with E-state index in [0.29, 0.717) is 108 Å². The molecule has 0 aliphatic carbocycles. The predicted molar refractivity (Wildman–Crippen MR) is 445 cm³/mol. The van der Waals surface area contributed by atoms with Crippen molar-refractivity contribution in [1.82, 2.24) is 74.6 Å². The number of nitrogens with one attached hydrogen (secondary N) is 11. The van der Waals surface area contributed by atoms with E-state index in [1.54, 1.807) is 71.3 Å². The number of amides is 11. The molecule has 0 fully saturated rings. The average Bonchev–Trinajstić information content (AvgIpc) is 1.34. The first-order chi connectivity index (χ1) is 57.3. The number of aromatic nitrogens is 8. The molecule has 5 aromatic heterocycles. The number of imidazole rings is 3. The molecule has 9 rings (SSSR count). The van der Waals surface area contributed by atoms with E-state index < -0.39 is 41.4 Å². The van der Waals surface area contributed by atoms with Crippen LogP contribution in [0.4, 0.5) is 34.4 Å². The van der Waals surface area contributed by atoms with Crippen molar-refractivity contribution in [2.75, 3.05) is 157 Å². The van der Waals surface area contributed by atoms with Crippen molar-refractivity contribution in [1.29, 1.82) is 0 Å². The molecule has 38 heteroatoms. The van der Waals surface area contributed by atoms with Gasteiger partial charge < -0.3 is 115 Å². The number of anilines is 6. The van der Waals surface area contributed by atoms with E-state index in [2.05, 4.69) is 91.3 Å². The molecule has 119 heavy (non-hydrogen) atoms. The van der Waals surface area contributed by atoms with Crippen LogP contribution in [0.15, 0.2) is 116 Å². The maximum absolute atomic E-state index is 13.3. The molecule has 3 aromatic carbocycles. The zero-order valence-electron chi connectivity index (χ0n) is 68.2. The van der Waals surface area contributed by atoms with Gasteiger partial charge in [-0.05, 0) is 124 Å². The number of carbonyl (C=O) groups excluding carboxylic acids is 11. The predicted octanol–water partition coefficient (Wildman–Crippen LogP) is 5.17. The van der Waals surface area contributed by atoms with E-state index in [1.807, 2.05) is 60.5 Å². The zero-order chi connectivity index (χ0) is 85.3. The lowest BCUT2D eigenvalue weighted by Gasteiger charge is -2.39. The third kappa shape index (κ3) is 28.6. The van der Waals surface area contributed by atoms with Crippen LogP contribution in [-0.2, 0) is 82.9 Å². The number of ether oxygens (including phenoxy) is 5. The summed E-state index contributed by atoms with van der Waals surface area (Å²) in [6, 6.07) is 24.1. The lowest BCUT2D eigenvalue weighted by atomic mass is 9.88. The average molecular weight is 1670 g/mol. The molecule has 0 spiro atoms. The lowest BCUT2D eigenvalue weighted by molar-refractivity contribution is -0.122. The van der Waals surface area contributed by atoms with E-state index >= 15 is 0 Å². The van der Waals surface area contributed by atoms with Gasteiger partial charge in [0.2, 0.25) is 41.2 Å². The standard InChI is InChI=1S/C81H106ClN21O16/c1-53-45-63(90-59-18-16-58(82)17-19-59)62-46-57(15-20-64(62)103(53)54(2)104)55-11-13-56(14-12-55)76(109)89-31-36-116-38-40-118-42-44-119-43-41-117-39-37-115-35-24-70(106)84-26-10-33-97(3)32-9-25-83-69(105)21-27-88-79(112)74-95-67(51-101(74)7)93-71(107)22-28-87-78(111)66-48-61(50-100(66)6)92-81(114)75-96-68(52-102(75)8)94-72(108)23-29-86-77(110)65-47-60(49-99(65)5)91-80(113)73-85-30-34-98(73)4/h11-20,30,34,46-53,63,90H,9-10,21-29,31-33,35-45H2,1-8H3,(H,83,105)(H,84,106)(H,86,110)(H,87,111)(H,88,112)(H,89,109)(H,91,113)(H,92,114)(H,93,107)(H,94,108)/t53-,63?/m0/s1. The second-order valence-electron chi connectivity index (χ2n) is 28.3. The number of carbonyl (C=O) groups is 11. The minimum absolute atomic E-state index is 0.00399. The summed E-state index contributed by atoms with van der Waals surface area (Å²) < 4.78 is 35.3. The molecule has 1 unspecified atom stereocenters. The summed E-state index contributed by atoms with van der Waals surface area (Å²) in [7, 11) is 10.0.